The maximum Gasteiger partial charge on any atom is 0.236 e. The third-order valence-electron chi connectivity index (χ3n) is 1.77. The molecule has 0 aliphatic rings. The zero-order chi connectivity index (χ0) is 10.8. The van der Waals surface area contributed by atoms with Crippen molar-refractivity contribution < 1.29 is 14.3 Å². The topological polar surface area (TPSA) is 59.6 Å². The molecular weight excluding hydrogens is 184 g/mol. The minimum absolute atomic E-state index is 0.00660. The van der Waals surface area contributed by atoms with E-state index in [9.17, 15) is 4.79 Å². The van der Waals surface area contributed by atoms with Crippen molar-refractivity contribution >= 4 is 5.91 Å². The van der Waals surface area contributed by atoms with Gasteiger partial charge in [0.05, 0.1) is 12.8 Å². The summed E-state index contributed by atoms with van der Waals surface area (Å²) in [7, 11) is 3.19. The van der Waals surface area contributed by atoms with Crippen LogP contribution in [0.15, 0.2) is 0 Å². The molecular formula is C9H20N2O3. The Morgan fingerprint density at radius 3 is 2.71 bits per heavy atom. The van der Waals surface area contributed by atoms with E-state index in [-0.39, 0.29) is 18.7 Å². The van der Waals surface area contributed by atoms with Crippen LogP contribution in [0.4, 0.5) is 0 Å². The monoisotopic (exact) mass is 204 g/mol. The molecule has 0 aliphatic heterocycles. The zero-order valence-corrected chi connectivity index (χ0v) is 9.13. The van der Waals surface area contributed by atoms with E-state index < -0.39 is 0 Å². The lowest BCUT2D eigenvalue weighted by molar-refractivity contribution is -0.124. The van der Waals surface area contributed by atoms with Gasteiger partial charge in [-0.1, -0.05) is 13.3 Å². The number of carbonyl (C=O) groups excluding carboxylic acids is 1. The van der Waals surface area contributed by atoms with Crippen LogP contribution in [0.2, 0.25) is 0 Å². The van der Waals surface area contributed by atoms with Crippen LogP contribution in [0.3, 0.4) is 0 Å². The molecule has 0 saturated carbocycles. The van der Waals surface area contributed by atoms with Crippen molar-refractivity contribution in [1.29, 1.82) is 0 Å². The quantitative estimate of drug-likeness (QED) is 0.434. The smallest absolute Gasteiger partial charge is 0.236 e. The molecule has 1 unspecified atom stereocenters. The summed E-state index contributed by atoms with van der Waals surface area (Å²) in [6.07, 6.45) is 1.76. The first-order valence-corrected chi connectivity index (χ1v) is 4.77. The summed E-state index contributed by atoms with van der Waals surface area (Å²) in [5, 5.41) is 5.59. The summed E-state index contributed by atoms with van der Waals surface area (Å²) in [4.78, 5) is 11.3. The molecule has 2 N–H and O–H groups in total. The van der Waals surface area contributed by atoms with Gasteiger partial charge in [0.15, 0.2) is 0 Å². The van der Waals surface area contributed by atoms with Crippen molar-refractivity contribution in [3.63, 3.8) is 0 Å². The van der Waals surface area contributed by atoms with Crippen LogP contribution in [0.1, 0.15) is 19.8 Å². The van der Waals surface area contributed by atoms with Gasteiger partial charge in [0, 0.05) is 14.2 Å². The second-order valence-corrected chi connectivity index (χ2v) is 2.91. The van der Waals surface area contributed by atoms with Crippen molar-refractivity contribution in [3.8, 4) is 0 Å². The van der Waals surface area contributed by atoms with Crippen LogP contribution in [0, 0.1) is 0 Å². The van der Waals surface area contributed by atoms with E-state index in [1.807, 2.05) is 6.92 Å². The fraction of sp³-hybridized carbons (Fsp3) is 0.889. The highest BCUT2D eigenvalue weighted by atomic mass is 16.7. The van der Waals surface area contributed by atoms with Gasteiger partial charge >= 0.3 is 0 Å². The van der Waals surface area contributed by atoms with Crippen LogP contribution in [0.5, 0.6) is 0 Å². The highest BCUT2D eigenvalue weighted by molar-refractivity contribution is 5.81. The molecule has 0 saturated heterocycles. The number of hydrogen-bond donors (Lipinski definition) is 2. The summed E-state index contributed by atoms with van der Waals surface area (Å²) in [5.74, 6) is -0.00660. The summed E-state index contributed by atoms with van der Waals surface area (Å²) >= 11 is 0. The molecule has 0 heterocycles. The van der Waals surface area contributed by atoms with E-state index in [2.05, 4.69) is 10.6 Å². The van der Waals surface area contributed by atoms with Crippen LogP contribution >= 0.6 is 0 Å². The molecule has 0 aromatic carbocycles. The lowest BCUT2D eigenvalue weighted by Gasteiger charge is -2.16. The Morgan fingerprint density at radius 2 is 2.21 bits per heavy atom. The minimum Gasteiger partial charge on any atom is -0.359 e. The fourth-order valence-electron chi connectivity index (χ4n) is 1.07. The molecule has 1 amide bonds. The number of rotatable bonds is 8. The predicted octanol–water partition coefficient (Wildman–Crippen LogP) is 0.0687. The van der Waals surface area contributed by atoms with Crippen LogP contribution in [-0.2, 0) is 14.3 Å². The van der Waals surface area contributed by atoms with E-state index in [1.54, 1.807) is 14.2 Å². The average Bonchev–Trinajstić information content (AvgIpc) is 2.21. The van der Waals surface area contributed by atoms with E-state index in [4.69, 9.17) is 9.47 Å². The summed E-state index contributed by atoms with van der Waals surface area (Å²) in [5.41, 5.74) is 0. The highest BCUT2D eigenvalue weighted by Crippen LogP contribution is 1.96. The molecule has 0 aliphatic carbocycles. The van der Waals surface area contributed by atoms with Gasteiger partial charge in [0.1, 0.15) is 6.79 Å². The van der Waals surface area contributed by atoms with Crippen molar-refractivity contribution in [2.24, 2.45) is 0 Å². The van der Waals surface area contributed by atoms with Crippen LogP contribution in [0.25, 0.3) is 0 Å². The van der Waals surface area contributed by atoms with Gasteiger partial charge in [0.2, 0.25) is 5.91 Å². The highest BCUT2D eigenvalue weighted by Gasteiger charge is 2.14. The Balaban J connectivity index is 3.67. The molecule has 14 heavy (non-hydrogen) atoms. The Bertz CT molecular complexity index is 153. The number of amides is 1. The number of hydrogen-bond acceptors (Lipinski definition) is 4. The van der Waals surface area contributed by atoms with Gasteiger partial charge in [-0.25, -0.2) is 0 Å². The second-order valence-electron chi connectivity index (χ2n) is 2.91. The Labute approximate surface area is 85.1 Å². The lowest BCUT2D eigenvalue weighted by atomic mass is 10.1. The second kappa shape index (κ2) is 8.93. The Kier molecular flexibility index (Phi) is 8.51. The zero-order valence-electron chi connectivity index (χ0n) is 9.13. The number of nitrogens with one attached hydrogen (secondary N) is 2. The molecule has 0 radical (unpaired) electrons. The first-order valence-electron chi connectivity index (χ1n) is 4.77. The van der Waals surface area contributed by atoms with Crippen molar-refractivity contribution in [3.05, 3.63) is 0 Å². The van der Waals surface area contributed by atoms with Gasteiger partial charge in [0.25, 0.3) is 0 Å². The van der Waals surface area contributed by atoms with Gasteiger partial charge in [-0.2, -0.15) is 0 Å². The third-order valence-corrected chi connectivity index (χ3v) is 1.77. The number of likely N-dealkylation sites (N-methyl/N-ethyl adjacent to an activating group) is 1. The number of carbonyl (C=O) groups is 1. The molecule has 0 aromatic rings. The predicted molar refractivity (Wildman–Crippen MR) is 53.7 cm³/mol. The molecule has 0 aromatic heterocycles. The van der Waals surface area contributed by atoms with Crippen molar-refractivity contribution in [2.75, 3.05) is 27.7 Å². The largest absolute Gasteiger partial charge is 0.359 e. The van der Waals surface area contributed by atoms with Gasteiger partial charge in [-0.15, -0.1) is 0 Å². The summed E-state index contributed by atoms with van der Waals surface area (Å²) < 4.78 is 9.75. The van der Waals surface area contributed by atoms with Gasteiger partial charge in [-0.3, -0.25) is 10.1 Å². The Morgan fingerprint density at radius 1 is 1.50 bits per heavy atom. The minimum atomic E-state index is -0.179. The molecule has 0 spiro atoms. The molecule has 5 nitrogen and oxygen atoms in total. The summed E-state index contributed by atoms with van der Waals surface area (Å²) in [6.45, 7) is 2.60. The molecule has 1 atom stereocenters. The first-order chi connectivity index (χ1) is 6.76. The first kappa shape index (κ1) is 13.4. The normalized spacial score (nSPS) is 12.5. The number of ether oxygens (including phenoxy) is 2. The summed E-state index contributed by atoms with van der Waals surface area (Å²) in [6, 6.07) is -0.179. The molecule has 0 bridgehead atoms. The van der Waals surface area contributed by atoms with Crippen LogP contribution < -0.4 is 10.6 Å². The lowest BCUT2D eigenvalue weighted by Crippen LogP contribution is -2.43. The molecule has 0 fully saturated rings. The Hall–Kier alpha value is -0.650. The van der Waals surface area contributed by atoms with E-state index >= 15 is 0 Å². The van der Waals surface area contributed by atoms with E-state index in [0.717, 1.165) is 12.8 Å². The fourth-order valence-corrected chi connectivity index (χ4v) is 1.07. The molecule has 0 rings (SSSR count). The SMILES string of the molecule is CCCC(NCOCOC)C(=O)NC. The molecule has 5 heteroatoms. The van der Waals surface area contributed by atoms with E-state index in [1.165, 1.54) is 0 Å². The van der Waals surface area contributed by atoms with E-state index in [0.29, 0.717) is 6.73 Å². The van der Waals surface area contributed by atoms with Crippen molar-refractivity contribution in [2.45, 2.75) is 25.8 Å². The molecule has 84 valence electrons. The number of methoxy groups -OCH3 is 1. The standard InChI is InChI=1S/C9H20N2O3/c1-4-5-8(9(12)10-2)11-6-14-7-13-3/h8,11H,4-7H2,1-3H3,(H,10,12). The third kappa shape index (κ3) is 5.90. The maximum atomic E-state index is 11.3. The average molecular weight is 204 g/mol. The van der Waals surface area contributed by atoms with Gasteiger partial charge < -0.3 is 14.8 Å². The maximum absolute atomic E-state index is 11.3. The van der Waals surface area contributed by atoms with Gasteiger partial charge in [-0.05, 0) is 6.42 Å². The van der Waals surface area contributed by atoms with Crippen molar-refractivity contribution in [1.82, 2.24) is 10.6 Å². The van der Waals surface area contributed by atoms with Crippen LogP contribution in [-0.4, -0.2) is 39.6 Å².